The van der Waals surface area contributed by atoms with Gasteiger partial charge < -0.3 is 5.73 Å². The summed E-state index contributed by atoms with van der Waals surface area (Å²) in [6.07, 6.45) is 2.56. The van der Waals surface area contributed by atoms with Crippen LogP contribution < -0.4 is 5.73 Å². The maximum Gasteiger partial charge on any atom is 0.131 e. The molecule has 0 amide bonds. The van der Waals surface area contributed by atoms with Crippen LogP contribution in [0, 0.1) is 0 Å². The second kappa shape index (κ2) is 4.54. The third-order valence-corrected chi connectivity index (χ3v) is 2.74. The fourth-order valence-electron chi connectivity index (χ4n) is 1.64. The summed E-state index contributed by atoms with van der Waals surface area (Å²) in [6, 6.07) is 10.1. The first-order valence-corrected chi connectivity index (χ1v) is 5.59. The molecule has 1 aromatic carbocycles. The summed E-state index contributed by atoms with van der Waals surface area (Å²) in [5.74, 6) is 0.512. The van der Waals surface area contributed by atoms with Crippen LogP contribution in [0.5, 0.6) is 0 Å². The number of aromatic nitrogens is 1. The van der Waals surface area contributed by atoms with Gasteiger partial charge in [-0.2, -0.15) is 0 Å². The quantitative estimate of drug-likeness (QED) is 0.860. The molecule has 2 rings (SSSR count). The SMILES string of the molecule is CCc1cccc(-c2cc(Cl)cnc2N)c1. The second-order valence-electron chi connectivity index (χ2n) is 3.64. The van der Waals surface area contributed by atoms with Crippen molar-refractivity contribution < 1.29 is 0 Å². The minimum absolute atomic E-state index is 0.512. The Morgan fingerprint density at radius 3 is 2.88 bits per heavy atom. The number of aryl methyl sites for hydroxylation is 1. The monoisotopic (exact) mass is 232 g/mol. The van der Waals surface area contributed by atoms with Crippen molar-refractivity contribution in [3.8, 4) is 11.1 Å². The van der Waals surface area contributed by atoms with Gasteiger partial charge in [-0.1, -0.05) is 42.8 Å². The molecular formula is C13H13ClN2. The van der Waals surface area contributed by atoms with Crippen molar-refractivity contribution >= 4 is 17.4 Å². The molecule has 0 saturated carbocycles. The Morgan fingerprint density at radius 1 is 1.31 bits per heavy atom. The zero-order chi connectivity index (χ0) is 11.5. The smallest absolute Gasteiger partial charge is 0.131 e. The molecule has 0 saturated heterocycles. The molecule has 1 aromatic heterocycles. The number of nitrogens with two attached hydrogens (primary N) is 1. The third kappa shape index (κ3) is 2.17. The first kappa shape index (κ1) is 11.0. The van der Waals surface area contributed by atoms with Crippen molar-refractivity contribution in [2.45, 2.75) is 13.3 Å². The van der Waals surface area contributed by atoms with E-state index in [1.165, 1.54) is 5.56 Å². The molecule has 1 heterocycles. The lowest BCUT2D eigenvalue weighted by atomic mass is 10.0. The first-order valence-electron chi connectivity index (χ1n) is 5.21. The summed E-state index contributed by atoms with van der Waals surface area (Å²) in [4.78, 5) is 4.06. The molecule has 0 atom stereocenters. The molecule has 0 aliphatic rings. The summed E-state index contributed by atoms with van der Waals surface area (Å²) in [6.45, 7) is 2.12. The number of rotatable bonds is 2. The van der Waals surface area contributed by atoms with Crippen LogP contribution in [0.4, 0.5) is 5.82 Å². The van der Waals surface area contributed by atoms with E-state index in [-0.39, 0.29) is 0 Å². The van der Waals surface area contributed by atoms with Gasteiger partial charge in [0.15, 0.2) is 0 Å². The standard InChI is InChI=1S/C13H13ClN2/c1-2-9-4-3-5-10(6-9)12-7-11(14)8-16-13(12)15/h3-8H,2H2,1H3,(H2,15,16). The van der Waals surface area contributed by atoms with E-state index in [1.54, 1.807) is 6.20 Å². The highest BCUT2D eigenvalue weighted by atomic mass is 35.5. The number of pyridine rings is 1. The molecule has 0 spiro atoms. The lowest BCUT2D eigenvalue weighted by Crippen LogP contribution is -1.94. The van der Waals surface area contributed by atoms with Crippen molar-refractivity contribution in [2.75, 3.05) is 5.73 Å². The topological polar surface area (TPSA) is 38.9 Å². The molecule has 82 valence electrons. The van der Waals surface area contributed by atoms with Gasteiger partial charge >= 0.3 is 0 Å². The van der Waals surface area contributed by atoms with Crippen molar-refractivity contribution in [2.24, 2.45) is 0 Å². The zero-order valence-electron chi connectivity index (χ0n) is 9.07. The number of hydrogen-bond donors (Lipinski definition) is 1. The predicted octanol–water partition coefficient (Wildman–Crippen LogP) is 3.55. The van der Waals surface area contributed by atoms with Gasteiger partial charge in [0.05, 0.1) is 5.02 Å². The Balaban J connectivity index is 2.53. The van der Waals surface area contributed by atoms with E-state index in [2.05, 4.69) is 24.0 Å². The van der Waals surface area contributed by atoms with E-state index < -0.39 is 0 Å². The Labute approximate surface area is 100 Å². The van der Waals surface area contributed by atoms with Crippen LogP contribution in [0.15, 0.2) is 36.5 Å². The fourth-order valence-corrected chi connectivity index (χ4v) is 1.80. The Kier molecular flexibility index (Phi) is 3.11. The Hall–Kier alpha value is -1.54. The molecule has 2 nitrogen and oxygen atoms in total. The van der Waals surface area contributed by atoms with Crippen LogP contribution in [0.25, 0.3) is 11.1 Å². The predicted molar refractivity (Wildman–Crippen MR) is 68.5 cm³/mol. The van der Waals surface area contributed by atoms with Crippen LogP contribution >= 0.6 is 11.6 Å². The highest BCUT2D eigenvalue weighted by Crippen LogP contribution is 2.27. The molecule has 0 radical (unpaired) electrons. The van der Waals surface area contributed by atoms with Crippen molar-refractivity contribution in [3.05, 3.63) is 47.1 Å². The average Bonchev–Trinajstić information content (AvgIpc) is 2.32. The lowest BCUT2D eigenvalue weighted by molar-refractivity contribution is 1.14. The van der Waals surface area contributed by atoms with Gasteiger partial charge in [0.25, 0.3) is 0 Å². The van der Waals surface area contributed by atoms with E-state index >= 15 is 0 Å². The number of benzene rings is 1. The third-order valence-electron chi connectivity index (χ3n) is 2.53. The molecule has 3 heteroatoms. The molecule has 2 N–H and O–H groups in total. The molecule has 0 aliphatic carbocycles. The van der Waals surface area contributed by atoms with E-state index in [0.29, 0.717) is 10.8 Å². The average molecular weight is 233 g/mol. The van der Waals surface area contributed by atoms with E-state index in [0.717, 1.165) is 17.5 Å². The molecule has 0 aliphatic heterocycles. The highest BCUT2D eigenvalue weighted by molar-refractivity contribution is 6.30. The van der Waals surface area contributed by atoms with E-state index in [1.807, 2.05) is 18.2 Å². The Morgan fingerprint density at radius 2 is 2.12 bits per heavy atom. The Bertz CT molecular complexity index is 509. The molecule has 16 heavy (non-hydrogen) atoms. The summed E-state index contributed by atoms with van der Waals surface area (Å²) in [5, 5.41) is 0.603. The van der Waals surface area contributed by atoms with Gasteiger partial charge in [-0.15, -0.1) is 0 Å². The molecule has 0 unspecified atom stereocenters. The molecule has 0 bridgehead atoms. The summed E-state index contributed by atoms with van der Waals surface area (Å²) >= 11 is 5.92. The van der Waals surface area contributed by atoms with Crippen LogP contribution in [-0.4, -0.2) is 4.98 Å². The summed E-state index contributed by atoms with van der Waals surface area (Å²) in [7, 11) is 0. The zero-order valence-corrected chi connectivity index (χ0v) is 9.83. The maximum absolute atomic E-state index is 5.92. The second-order valence-corrected chi connectivity index (χ2v) is 4.08. The fraction of sp³-hybridized carbons (Fsp3) is 0.154. The van der Waals surface area contributed by atoms with Crippen molar-refractivity contribution in [1.29, 1.82) is 0 Å². The van der Waals surface area contributed by atoms with Crippen LogP contribution in [0.3, 0.4) is 0 Å². The van der Waals surface area contributed by atoms with Gasteiger partial charge in [0.1, 0.15) is 5.82 Å². The van der Waals surface area contributed by atoms with Gasteiger partial charge in [-0.3, -0.25) is 0 Å². The largest absolute Gasteiger partial charge is 0.383 e. The van der Waals surface area contributed by atoms with E-state index in [9.17, 15) is 0 Å². The van der Waals surface area contributed by atoms with Gasteiger partial charge in [0.2, 0.25) is 0 Å². The number of halogens is 1. The minimum Gasteiger partial charge on any atom is -0.383 e. The maximum atomic E-state index is 5.92. The van der Waals surface area contributed by atoms with Crippen LogP contribution in [0.2, 0.25) is 5.02 Å². The number of nitrogen functional groups attached to an aromatic ring is 1. The highest BCUT2D eigenvalue weighted by Gasteiger charge is 2.05. The van der Waals surface area contributed by atoms with Crippen LogP contribution in [-0.2, 0) is 6.42 Å². The van der Waals surface area contributed by atoms with Crippen LogP contribution in [0.1, 0.15) is 12.5 Å². The molecule has 0 fully saturated rings. The number of nitrogens with zero attached hydrogens (tertiary/aromatic N) is 1. The summed E-state index contributed by atoms with van der Waals surface area (Å²) in [5.41, 5.74) is 9.07. The number of hydrogen-bond acceptors (Lipinski definition) is 2. The first-order chi connectivity index (χ1) is 7.70. The van der Waals surface area contributed by atoms with E-state index in [4.69, 9.17) is 17.3 Å². The summed E-state index contributed by atoms with van der Waals surface area (Å²) < 4.78 is 0. The van der Waals surface area contributed by atoms with Gasteiger partial charge in [0, 0.05) is 11.8 Å². The minimum atomic E-state index is 0.512. The van der Waals surface area contributed by atoms with Gasteiger partial charge in [-0.25, -0.2) is 4.98 Å². The van der Waals surface area contributed by atoms with Gasteiger partial charge in [-0.05, 0) is 23.6 Å². The molecular weight excluding hydrogens is 220 g/mol. The van der Waals surface area contributed by atoms with Crippen molar-refractivity contribution in [1.82, 2.24) is 4.98 Å². The normalized spacial score (nSPS) is 10.4. The van der Waals surface area contributed by atoms with Crippen molar-refractivity contribution in [3.63, 3.8) is 0 Å². The molecule has 2 aromatic rings. The number of anilines is 1. The lowest BCUT2D eigenvalue weighted by Gasteiger charge is -2.07.